The molecule has 0 aliphatic rings. The van der Waals surface area contributed by atoms with Crippen LogP contribution in [-0.4, -0.2) is 32.3 Å². The van der Waals surface area contributed by atoms with Crippen LogP contribution in [0.4, 0.5) is 0 Å². The first-order valence-corrected chi connectivity index (χ1v) is 6.37. The third-order valence-corrected chi connectivity index (χ3v) is 3.02. The highest BCUT2D eigenvalue weighted by Gasteiger charge is 2.18. The average molecular weight is 271 g/mol. The first kappa shape index (κ1) is 12.3. The SMILES string of the molecule is CCCNC(=O)c1nnn2c1c(=O)[nH]c1ccccc12. The maximum Gasteiger partial charge on any atom is 0.277 e. The standard InChI is InChI=1S/C13H13N5O2/c1-2-7-14-12(19)10-11-13(20)15-8-5-3-4-6-9(8)18(11)17-16-10/h3-6H,2,7H2,1H3,(H,14,19)(H,15,20). The van der Waals surface area contributed by atoms with E-state index in [-0.39, 0.29) is 22.7 Å². The van der Waals surface area contributed by atoms with Gasteiger partial charge >= 0.3 is 0 Å². The summed E-state index contributed by atoms with van der Waals surface area (Å²) in [5.41, 5.74) is 1.18. The third-order valence-electron chi connectivity index (χ3n) is 3.02. The number of nitrogens with zero attached hydrogens (tertiary/aromatic N) is 3. The summed E-state index contributed by atoms with van der Waals surface area (Å²) in [6.07, 6.45) is 0.810. The Morgan fingerprint density at radius 1 is 1.40 bits per heavy atom. The van der Waals surface area contributed by atoms with Crippen LogP contribution in [0.15, 0.2) is 29.1 Å². The molecule has 20 heavy (non-hydrogen) atoms. The number of carbonyl (C=O) groups excluding carboxylic acids is 1. The van der Waals surface area contributed by atoms with Gasteiger partial charge in [-0.1, -0.05) is 24.3 Å². The van der Waals surface area contributed by atoms with Crippen molar-refractivity contribution in [3.63, 3.8) is 0 Å². The molecule has 3 aromatic rings. The lowest BCUT2D eigenvalue weighted by Crippen LogP contribution is -2.26. The fraction of sp³-hybridized carbons (Fsp3) is 0.231. The van der Waals surface area contributed by atoms with Gasteiger partial charge in [-0.25, -0.2) is 4.52 Å². The van der Waals surface area contributed by atoms with E-state index in [2.05, 4.69) is 20.6 Å². The van der Waals surface area contributed by atoms with E-state index in [4.69, 9.17) is 0 Å². The van der Waals surface area contributed by atoms with Crippen molar-refractivity contribution >= 4 is 22.5 Å². The second-order valence-corrected chi connectivity index (χ2v) is 4.43. The number of hydrogen-bond donors (Lipinski definition) is 2. The minimum atomic E-state index is -0.386. The number of aromatic amines is 1. The number of rotatable bonds is 3. The molecule has 0 fully saturated rings. The van der Waals surface area contributed by atoms with E-state index in [0.717, 1.165) is 6.42 Å². The first-order valence-electron chi connectivity index (χ1n) is 6.37. The molecule has 0 spiro atoms. The number of amides is 1. The second-order valence-electron chi connectivity index (χ2n) is 4.43. The molecule has 1 aromatic carbocycles. The van der Waals surface area contributed by atoms with E-state index in [0.29, 0.717) is 17.6 Å². The molecule has 2 heterocycles. The molecule has 2 N–H and O–H groups in total. The maximum atomic E-state index is 12.1. The van der Waals surface area contributed by atoms with Crippen LogP contribution in [0, 0.1) is 0 Å². The van der Waals surface area contributed by atoms with Gasteiger partial charge in [0.15, 0.2) is 11.2 Å². The lowest BCUT2D eigenvalue weighted by Gasteiger charge is -2.01. The minimum Gasteiger partial charge on any atom is -0.351 e. The van der Waals surface area contributed by atoms with Crippen LogP contribution in [0.3, 0.4) is 0 Å². The van der Waals surface area contributed by atoms with Crippen molar-refractivity contribution in [2.24, 2.45) is 0 Å². The van der Waals surface area contributed by atoms with Gasteiger partial charge in [-0.15, -0.1) is 5.10 Å². The number of carbonyl (C=O) groups is 1. The Labute approximate surface area is 113 Å². The molecule has 0 aliphatic carbocycles. The highest BCUT2D eigenvalue weighted by molar-refractivity contribution is 5.99. The quantitative estimate of drug-likeness (QED) is 0.733. The number of aromatic nitrogens is 4. The first-order chi connectivity index (χ1) is 9.72. The molecule has 0 saturated heterocycles. The number of benzene rings is 1. The number of nitrogens with one attached hydrogen (secondary N) is 2. The van der Waals surface area contributed by atoms with Crippen LogP contribution in [0.2, 0.25) is 0 Å². The van der Waals surface area contributed by atoms with Crippen molar-refractivity contribution in [3.05, 3.63) is 40.3 Å². The zero-order chi connectivity index (χ0) is 14.1. The highest BCUT2D eigenvalue weighted by Crippen LogP contribution is 2.12. The van der Waals surface area contributed by atoms with Crippen LogP contribution in [0.5, 0.6) is 0 Å². The predicted molar refractivity (Wildman–Crippen MR) is 73.7 cm³/mol. The Balaban J connectivity index is 2.24. The Morgan fingerprint density at radius 3 is 3.00 bits per heavy atom. The van der Waals surface area contributed by atoms with Gasteiger partial charge in [0.2, 0.25) is 0 Å². The van der Waals surface area contributed by atoms with Crippen molar-refractivity contribution in [3.8, 4) is 0 Å². The molecule has 0 unspecified atom stereocenters. The molecular weight excluding hydrogens is 258 g/mol. The zero-order valence-electron chi connectivity index (χ0n) is 10.9. The molecule has 0 aliphatic heterocycles. The average Bonchev–Trinajstić information content (AvgIpc) is 2.91. The van der Waals surface area contributed by atoms with Crippen LogP contribution in [-0.2, 0) is 0 Å². The number of H-pyrrole nitrogens is 1. The molecule has 0 saturated carbocycles. The summed E-state index contributed by atoms with van der Waals surface area (Å²) in [6.45, 7) is 2.48. The predicted octanol–water partition coefficient (Wildman–Crippen LogP) is 0.711. The van der Waals surface area contributed by atoms with Gasteiger partial charge in [0.1, 0.15) is 0 Å². The molecule has 0 bridgehead atoms. The zero-order valence-corrected chi connectivity index (χ0v) is 10.9. The van der Waals surface area contributed by atoms with Gasteiger partial charge in [-0.2, -0.15) is 0 Å². The molecule has 7 nitrogen and oxygen atoms in total. The molecule has 0 radical (unpaired) electrons. The normalized spacial score (nSPS) is 11.1. The maximum absolute atomic E-state index is 12.1. The van der Waals surface area contributed by atoms with Gasteiger partial charge < -0.3 is 10.3 Å². The van der Waals surface area contributed by atoms with E-state index in [9.17, 15) is 9.59 Å². The fourth-order valence-corrected chi connectivity index (χ4v) is 2.07. The summed E-state index contributed by atoms with van der Waals surface area (Å²) in [6, 6.07) is 7.23. The van der Waals surface area contributed by atoms with Gasteiger partial charge in [-0.3, -0.25) is 9.59 Å². The van der Waals surface area contributed by atoms with Crippen LogP contribution in [0.1, 0.15) is 23.8 Å². The molecule has 7 heteroatoms. The van der Waals surface area contributed by atoms with Gasteiger partial charge in [-0.05, 0) is 18.6 Å². The van der Waals surface area contributed by atoms with E-state index in [1.54, 1.807) is 12.1 Å². The lowest BCUT2D eigenvalue weighted by atomic mass is 10.3. The Bertz CT molecular complexity index is 849. The Hall–Kier alpha value is -2.70. The summed E-state index contributed by atoms with van der Waals surface area (Å²) in [4.78, 5) is 26.8. The van der Waals surface area contributed by atoms with E-state index in [1.165, 1.54) is 4.52 Å². The van der Waals surface area contributed by atoms with E-state index >= 15 is 0 Å². The summed E-state index contributed by atoms with van der Waals surface area (Å²) >= 11 is 0. The van der Waals surface area contributed by atoms with Crippen LogP contribution < -0.4 is 10.9 Å². The Kier molecular flexibility index (Phi) is 2.94. The smallest absolute Gasteiger partial charge is 0.277 e. The third kappa shape index (κ3) is 1.83. The second kappa shape index (κ2) is 4.76. The summed E-state index contributed by atoms with van der Waals surface area (Å²) < 4.78 is 1.40. The van der Waals surface area contributed by atoms with Gasteiger partial charge in [0.25, 0.3) is 11.5 Å². The molecule has 1 amide bonds. The number of fused-ring (bicyclic) bond motifs is 3. The highest BCUT2D eigenvalue weighted by atomic mass is 16.2. The Morgan fingerprint density at radius 2 is 2.20 bits per heavy atom. The minimum absolute atomic E-state index is 0.0467. The van der Waals surface area contributed by atoms with Crippen molar-refractivity contribution in [2.75, 3.05) is 6.54 Å². The van der Waals surface area contributed by atoms with Crippen molar-refractivity contribution in [1.29, 1.82) is 0 Å². The molecule has 102 valence electrons. The molecule has 3 rings (SSSR count). The molecule has 2 aromatic heterocycles. The topological polar surface area (TPSA) is 92.2 Å². The summed E-state index contributed by atoms with van der Waals surface area (Å²) in [5.74, 6) is -0.386. The van der Waals surface area contributed by atoms with E-state index < -0.39 is 0 Å². The summed E-state index contributed by atoms with van der Waals surface area (Å²) in [7, 11) is 0. The largest absolute Gasteiger partial charge is 0.351 e. The van der Waals surface area contributed by atoms with Crippen LogP contribution >= 0.6 is 0 Å². The van der Waals surface area contributed by atoms with Crippen molar-refractivity contribution in [1.82, 2.24) is 25.1 Å². The van der Waals surface area contributed by atoms with Crippen molar-refractivity contribution in [2.45, 2.75) is 13.3 Å². The molecule has 0 atom stereocenters. The monoisotopic (exact) mass is 271 g/mol. The van der Waals surface area contributed by atoms with Gasteiger partial charge in [0, 0.05) is 6.54 Å². The van der Waals surface area contributed by atoms with E-state index in [1.807, 2.05) is 19.1 Å². The van der Waals surface area contributed by atoms with Gasteiger partial charge in [0.05, 0.1) is 11.0 Å². The lowest BCUT2D eigenvalue weighted by molar-refractivity contribution is 0.0950. The number of para-hydroxylation sites is 2. The van der Waals surface area contributed by atoms with Crippen LogP contribution in [0.25, 0.3) is 16.6 Å². The van der Waals surface area contributed by atoms with Crippen molar-refractivity contribution < 1.29 is 4.79 Å². The number of hydrogen-bond acceptors (Lipinski definition) is 4. The summed E-state index contributed by atoms with van der Waals surface area (Å²) in [5, 5.41) is 10.5. The fourth-order valence-electron chi connectivity index (χ4n) is 2.07. The molecular formula is C13H13N5O2.